The average molecular weight is 448 g/mol. The first kappa shape index (κ1) is 21.7. The van der Waals surface area contributed by atoms with Crippen LogP contribution in [0.2, 0.25) is 0 Å². The van der Waals surface area contributed by atoms with Gasteiger partial charge in [0.2, 0.25) is 0 Å². The Balaban J connectivity index is 1.53. The number of nitrogens with zero attached hydrogens (tertiary/aromatic N) is 4. The van der Waals surface area contributed by atoms with Crippen molar-refractivity contribution < 1.29 is 5.11 Å². The second kappa shape index (κ2) is 9.79. The van der Waals surface area contributed by atoms with Gasteiger partial charge in [0.05, 0.1) is 17.9 Å². The third-order valence-corrected chi connectivity index (χ3v) is 5.92. The lowest BCUT2D eigenvalue weighted by atomic mass is 9.78. The molecule has 0 aliphatic heterocycles. The monoisotopic (exact) mass is 447 g/mol. The number of nitrogens with one attached hydrogen (secondary N) is 1. The van der Waals surface area contributed by atoms with E-state index < -0.39 is 11.6 Å². The van der Waals surface area contributed by atoms with Gasteiger partial charge in [-0.05, 0) is 29.8 Å². The number of hydrogen-bond donors (Lipinski definition) is 2. The Labute approximate surface area is 198 Å². The molecule has 0 spiro atoms. The summed E-state index contributed by atoms with van der Waals surface area (Å²) in [6.45, 7) is 0.509. The molecular weight excluding hydrogens is 422 g/mol. The van der Waals surface area contributed by atoms with Gasteiger partial charge in [-0.2, -0.15) is 5.10 Å². The van der Waals surface area contributed by atoms with Gasteiger partial charge in [-0.25, -0.2) is 4.68 Å². The summed E-state index contributed by atoms with van der Waals surface area (Å²) in [4.78, 5) is 8.57. The largest absolute Gasteiger partial charge is 0.378 e. The fourth-order valence-electron chi connectivity index (χ4n) is 4.22. The van der Waals surface area contributed by atoms with Crippen molar-refractivity contribution in [2.24, 2.45) is 0 Å². The molecule has 0 aliphatic rings. The van der Waals surface area contributed by atoms with E-state index in [1.165, 1.54) is 0 Å². The van der Waals surface area contributed by atoms with E-state index in [0.717, 1.165) is 16.8 Å². The van der Waals surface area contributed by atoms with Crippen LogP contribution < -0.4 is 5.32 Å². The summed E-state index contributed by atoms with van der Waals surface area (Å²) in [7, 11) is 0. The van der Waals surface area contributed by atoms with Crippen LogP contribution in [-0.4, -0.2) is 24.9 Å². The Bertz CT molecular complexity index is 1270. The molecule has 0 fully saturated rings. The van der Waals surface area contributed by atoms with Crippen LogP contribution >= 0.6 is 0 Å². The predicted octanol–water partition coefficient (Wildman–Crippen LogP) is 4.43. The lowest BCUT2D eigenvalue weighted by Gasteiger charge is -2.37. The molecule has 1 atom stereocenters. The van der Waals surface area contributed by atoms with Gasteiger partial charge in [0.15, 0.2) is 0 Å². The minimum Gasteiger partial charge on any atom is -0.378 e. The van der Waals surface area contributed by atoms with Crippen molar-refractivity contribution in [1.82, 2.24) is 25.1 Å². The van der Waals surface area contributed by atoms with Gasteiger partial charge in [0.1, 0.15) is 5.60 Å². The summed E-state index contributed by atoms with van der Waals surface area (Å²) in [5, 5.41) is 20.5. The summed E-state index contributed by atoms with van der Waals surface area (Å²) in [5.41, 5.74) is 2.92. The molecule has 6 nitrogen and oxygen atoms in total. The van der Waals surface area contributed by atoms with Crippen LogP contribution in [-0.2, 0) is 12.1 Å². The molecule has 3 aromatic heterocycles. The van der Waals surface area contributed by atoms with Gasteiger partial charge in [-0.1, -0.05) is 60.7 Å². The zero-order chi connectivity index (χ0) is 23.2. The van der Waals surface area contributed by atoms with E-state index in [-0.39, 0.29) is 0 Å². The highest BCUT2D eigenvalue weighted by Crippen LogP contribution is 2.40. The zero-order valence-electron chi connectivity index (χ0n) is 18.6. The van der Waals surface area contributed by atoms with Crippen LogP contribution in [0.15, 0.2) is 122 Å². The van der Waals surface area contributed by atoms with E-state index >= 15 is 0 Å². The maximum absolute atomic E-state index is 12.4. The lowest BCUT2D eigenvalue weighted by molar-refractivity contribution is 0.0348. The van der Waals surface area contributed by atoms with Crippen LogP contribution in [0.25, 0.3) is 5.69 Å². The summed E-state index contributed by atoms with van der Waals surface area (Å²) < 4.78 is 1.85. The Morgan fingerprint density at radius 2 is 1.38 bits per heavy atom. The third kappa shape index (κ3) is 4.37. The molecule has 0 saturated carbocycles. The number of para-hydroxylation sites is 1. The summed E-state index contributed by atoms with van der Waals surface area (Å²) in [6, 6.07) is 26.9. The van der Waals surface area contributed by atoms with Gasteiger partial charge < -0.3 is 10.4 Å². The number of pyridine rings is 2. The van der Waals surface area contributed by atoms with Crippen molar-refractivity contribution in [2.45, 2.75) is 18.2 Å². The van der Waals surface area contributed by atoms with Crippen LogP contribution in [0.3, 0.4) is 0 Å². The zero-order valence-corrected chi connectivity index (χ0v) is 18.6. The van der Waals surface area contributed by atoms with E-state index in [1.54, 1.807) is 24.8 Å². The number of hydrogen-bond acceptors (Lipinski definition) is 5. The molecule has 6 heteroatoms. The van der Waals surface area contributed by atoms with E-state index in [9.17, 15) is 5.11 Å². The van der Waals surface area contributed by atoms with Crippen LogP contribution in [0.1, 0.15) is 28.3 Å². The Kier molecular flexibility index (Phi) is 6.25. The molecule has 5 rings (SSSR count). The fourth-order valence-corrected chi connectivity index (χ4v) is 4.22. The quantitative estimate of drug-likeness (QED) is 0.368. The number of aromatic nitrogens is 4. The highest BCUT2D eigenvalue weighted by molar-refractivity contribution is 5.39. The second-order valence-electron chi connectivity index (χ2n) is 8.10. The smallest absolute Gasteiger partial charge is 0.137 e. The standard InChI is InChI=1S/C28H25N5O/c34-28(24-11-7-15-29-19-24,25-12-8-16-30-20-25)27(23-9-3-1-4-10-23)31-17-22-18-32-33(21-22)26-13-5-2-6-14-26/h1-16,18-21,27,31,34H,17H2/t27-/m1/s1. The first-order chi connectivity index (χ1) is 16.7. The van der Waals surface area contributed by atoms with Crippen LogP contribution in [0.4, 0.5) is 0 Å². The predicted molar refractivity (Wildman–Crippen MR) is 131 cm³/mol. The van der Waals surface area contributed by atoms with Crippen molar-refractivity contribution in [2.75, 3.05) is 0 Å². The SMILES string of the molecule is OC(c1cccnc1)(c1cccnc1)[C@H](NCc1cnn(-c2ccccc2)c1)c1ccccc1. The Hall–Kier alpha value is -4.13. The molecule has 168 valence electrons. The molecule has 5 aromatic rings. The molecule has 2 aromatic carbocycles. The molecule has 0 saturated heterocycles. The summed E-state index contributed by atoms with van der Waals surface area (Å²) in [5.74, 6) is 0. The first-order valence-electron chi connectivity index (χ1n) is 11.2. The molecule has 3 heterocycles. The van der Waals surface area contributed by atoms with Gasteiger partial charge in [0, 0.05) is 54.2 Å². The minimum absolute atomic E-state index is 0.470. The van der Waals surface area contributed by atoms with E-state index in [1.807, 2.05) is 102 Å². The highest BCUT2D eigenvalue weighted by atomic mass is 16.3. The van der Waals surface area contributed by atoms with E-state index in [4.69, 9.17) is 0 Å². The maximum Gasteiger partial charge on any atom is 0.137 e. The molecule has 0 unspecified atom stereocenters. The normalized spacial score (nSPS) is 12.4. The second-order valence-corrected chi connectivity index (χ2v) is 8.10. The topological polar surface area (TPSA) is 75.9 Å². The Morgan fingerprint density at radius 3 is 1.97 bits per heavy atom. The maximum atomic E-state index is 12.4. The molecular formula is C28H25N5O. The fraction of sp³-hybridized carbons (Fsp3) is 0.107. The molecule has 0 radical (unpaired) electrons. The molecule has 0 bridgehead atoms. The third-order valence-electron chi connectivity index (χ3n) is 5.92. The first-order valence-corrected chi connectivity index (χ1v) is 11.2. The summed E-state index contributed by atoms with van der Waals surface area (Å²) in [6.07, 6.45) is 10.7. The van der Waals surface area contributed by atoms with Gasteiger partial charge in [0.25, 0.3) is 0 Å². The highest BCUT2D eigenvalue weighted by Gasteiger charge is 2.41. The van der Waals surface area contributed by atoms with Crippen molar-refractivity contribution >= 4 is 0 Å². The van der Waals surface area contributed by atoms with Crippen molar-refractivity contribution in [3.63, 3.8) is 0 Å². The lowest BCUT2D eigenvalue weighted by Crippen LogP contribution is -2.42. The van der Waals surface area contributed by atoms with Gasteiger partial charge >= 0.3 is 0 Å². The van der Waals surface area contributed by atoms with E-state index in [0.29, 0.717) is 17.7 Å². The number of benzene rings is 2. The van der Waals surface area contributed by atoms with Gasteiger partial charge in [-0.3, -0.25) is 9.97 Å². The number of aliphatic hydroxyl groups is 1. The molecule has 34 heavy (non-hydrogen) atoms. The van der Waals surface area contributed by atoms with Gasteiger partial charge in [-0.15, -0.1) is 0 Å². The summed E-state index contributed by atoms with van der Waals surface area (Å²) >= 11 is 0. The van der Waals surface area contributed by atoms with Crippen LogP contribution in [0, 0.1) is 0 Å². The van der Waals surface area contributed by atoms with E-state index in [2.05, 4.69) is 20.4 Å². The van der Waals surface area contributed by atoms with Crippen molar-refractivity contribution in [3.8, 4) is 5.69 Å². The molecule has 0 amide bonds. The Morgan fingerprint density at radius 1 is 0.765 bits per heavy atom. The van der Waals surface area contributed by atoms with Crippen molar-refractivity contribution in [1.29, 1.82) is 0 Å². The van der Waals surface area contributed by atoms with Crippen molar-refractivity contribution in [3.05, 3.63) is 144 Å². The average Bonchev–Trinajstić information content (AvgIpc) is 3.40. The van der Waals surface area contributed by atoms with Crippen LogP contribution in [0.5, 0.6) is 0 Å². The minimum atomic E-state index is -1.40. The molecule has 0 aliphatic carbocycles. The molecule has 2 N–H and O–H groups in total. The number of rotatable bonds is 8.